The molecule has 0 unspecified atom stereocenters. The number of methoxy groups -OCH3 is 1. The third-order valence-electron chi connectivity index (χ3n) is 11.6. The standard InChI is InChI=1S/C55H45N3O17/c1-66-54(65)45-42(70-50(61)35-24-12-4-13-25-35)43(71-51(62)36-26-14-5-15-27-36)46(73-53(64)38-30-18-7-19-31-38)55(75-45)74-41-40(69-49(60)34-22-10-3-11-23-34)39(32-67-48(59)33-20-8-2-9-21-33)68-47(57-58-56)44(41)72-52(63)37-28-16-6-17-29-37/h2-31,39-47,55H,32H2,1H3/t39-,40-,41+,42+,43+,44-,45+,46-,47-,55+/m1/s1. The van der Waals surface area contributed by atoms with Gasteiger partial charge in [-0.2, -0.15) is 0 Å². The minimum absolute atomic E-state index is 0.00317. The van der Waals surface area contributed by atoms with Crippen LogP contribution in [-0.4, -0.2) is 117 Å². The fourth-order valence-electron chi connectivity index (χ4n) is 8.01. The summed E-state index contributed by atoms with van der Waals surface area (Å²) in [6.45, 7) is -0.741. The maximum absolute atomic E-state index is 14.3. The van der Waals surface area contributed by atoms with Crippen molar-refractivity contribution in [3.8, 4) is 0 Å². The highest BCUT2D eigenvalue weighted by molar-refractivity contribution is 5.93. The van der Waals surface area contributed by atoms with Crippen molar-refractivity contribution in [1.82, 2.24) is 0 Å². The van der Waals surface area contributed by atoms with Crippen LogP contribution >= 0.6 is 0 Å². The molecule has 0 amide bonds. The van der Waals surface area contributed by atoms with E-state index in [1.165, 1.54) is 97.1 Å². The van der Waals surface area contributed by atoms with E-state index in [1.807, 2.05) is 0 Å². The molecule has 2 aliphatic heterocycles. The summed E-state index contributed by atoms with van der Waals surface area (Å²) in [6.07, 6.45) is -19.7. The van der Waals surface area contributed by atoms with Crippen LogP contribution in [0.25, 0.3) is 10.4 Å². The Bertz CT molecular complexity index is 2990. The molecule has 0 aromatic heterocycles. The van der Waals surface area contributed by atoms with E-state index in [9.17, 15) is 39.1 Å². The molecule has 75 heavy (non-hydrogen) atoms. The highest BCUT2D eigenvalue weighted by atomic mass is 16.8. The van der Waals surface area contributed by atoms with Crippen molar-refractivity contribution in [2.75, 3.05) is 13.7 Å². The average molecular weight is 1020 g/mol. The number of esters is 7. The first-order valence-corrected chi connectivity index (χ1v) is 23.1. The summed E-state index contributed by atoms with van der Waals surface area (Å²) in [7, 11) is 0.993. The molecular weight excluding hydrogens is 975 g/mol. The molecule has 6 aromatic carbocycles. The highest BCUT2D eigenvalue weighted by Gasteiger charge is 2.59. The number of azide groups is 1. The van der Waals surface area contributed by atoms with Crippen molar-refractivity contribution in [2.24, 2.45) is 5.11 Å². The molecule has 20 nitrogen and oxygen atoms in total. The lowest BCUT2D eigenvalue weighted by atomic mass is 9.95. The van der Waals surface area contributed by atoms with Gasteiger partial charge in [-0.3, -0.25) is 0 Å². The summed E-state index contributed by atoms with van der Waals surface area (Å²) in [6, 6.07) is 45.5. The largest absolute Gasteiger partial charge is 0.467 e. The molecule has 0 aliphatic carbocycles. The molecule has 0 N–H and O–H groups in total. The maximum Gasteiger partial charge on any atom is 0.339 e. The van der Waals surface area contributed by atoms with Crippen LogP contribution in [0.4, 0.5) is 0 Å². The van der Waals surface area contributed by atoms with E-state index in [2.05, 4.69) is 10.0 Å². The Balaban J connectivity index is 1.29. The van der Waals surface area contributed by atoms with E-state index < -0.39 is 110 Å². The van der Waals surface area contributed by atoms with Crippen LogP contribution < -0.4 is 0 Å². The van der Waals surface area contributed by atoms with E-state index in [0.717, 1.165) is 7.11 Å². The van der Waals surface area contributed by atoms with Gasteiger partial charge in [-0.05, 0) is 78.3 Å². The minimum atomic E-state index is -2.21. The Hall–Kier alpha value is -9.20. The fourth-order valence-corrected chi connectivity index (χ4v) is 8.01. The van der Waals surface area contributed by atoms with Gasteiger partial charge in [-0.25, -0.2) is 33.6 Å². The summed E-state index contributed by atoms with van der Waals surface area (Å²) in [4.78, 5) is 101. The smallest absolute Gasteiger partial charge is 0.339 e. The number of hydrogen-bond acceptors (Lipinski definition) is 18. The summed E-state index contributed by atoms with van der Waals surface area (Å²) in [5, 5.41) is 3.78. The monoisotopic (exact) mass is 1020 g/mol. The van der Waals surface area contributed by atoms with Gasteiger partial charge in [0.05, 0.1) is 40.5 Å². The normalized spacial score (nSPS) is 22.8. The van der Waals surface area contributed by atoms with Gasteiger partial charge in [-0.1, -0.05) is 114 Å². The molecule has 2 saturated heterocycles. The number of carbonyl (C=O) groups is 7. The van der Waals surface area contributed by atoms with Gasteiger partial charge in [0.25, 0.3) is 0 Å². The van der Waals surface area contributed by atoms with Gasteiger partial charge >= 0.3 is 41.8 Å². The molecule has 0 saturated carbocycles. The molecule has 20 heteroatoms. The average Bonchev–Trinajstić information content (AvgIpc) is 3.46. The van der Waals surface area contributed by atoms with Crippen LogP contribution in [0, 0.1) is 0 Å². The van der Waals surface area contributed by atoms with Crippen molar-refractivity contribution in [1.29, 1.82) is 0 Å². The van der Waals surface area contributed by atoms with Crippen LogP contribution in [0.15, 0.2) is 187 Å². The molecule has 0 bridgehead atoms. The van der Waals surface area contributed by atoms with E-state index in [4.69, 9.17) is 47.4 Å². The zero-order valence-corrected chi connectivity index (χ0v) is 39.6. The van der Waals surface area contributed by atoms with Crippen molar-refractivity contribution in [3.05, 3.63) is 226 Å². The van der Waals surface area contributed by atoms with Gasteiger partial charge in [0.15, 0.2) is 42.9 Å². The predicted molar refractivity (Wildman–Crippen MR) is 258 cm³/mol. The molecule has 382 valence electrons. The third kappa shape index (κ3) is 12.9. The number of rotatable bonds is 17. The van der Waals surface area contributed by atoms with Crippen LogP contribution in [0.2, 0.25) is 0 Å². The molecule has 0 radical (unpaired) electrons. The van der Waals surface area contributed by atoms with Crippen LogP contribution in [-0.2, 0) is 52.2 Å². The van der Waals surface area contributed by atoms with Gasteiger partial charge in [0.1, 0.15) is 18.8 Å². The Morgan fingerprint density at radius 2 is 0.787 bits per heavy atom. The molecule has 2 aliphatic rings. The van der Waals surface area contributed by atoms with Gasteiger partial charge in [0, 0.05) is 4.91 Å². The topological polar surface area (TPSA) is 261 Å². The third-order valence-corrected chi connectivity index (χ3v) is 11.6. The first kappa shape index (κ1) is 52.1. The molecule has 2 heterocycles. The maximum atomic E-state index is 14.3. The quantitative estimate of drug-likeness (QED) is 0.0285. The lowest BCUT2D eigenvalue weighted by Gasteiger charge is -2.48. The van der Waals surface area contributed by atoms with E-state index in [1.54, 1.807) is 84.9 Å². The van der Waals surface area contributed by atoms with Crippen molar-refractivity contribution < 1.29 is 80.9 Å². The van der Waals surface area contributed by atoms with Crippen LogP contribution in [0.1, 0.15) is 62.1 Å². The predicted octanol–water partition coefficient (Wildman–Crippen LogP) is 7.29. The Labute approximate surface area is 427 Å². The fraction of sp³-hybridized carbons (Fsp3) is 0.218. The summed E-state index contributed by atoms with van der Waals surface area (Å²) in [5.74, 6) is -7.30. The van der Waals surface area contributed by atoms with E-state index >= 15 is 0 Å². The molecular formula is C55H45N3O17. The number of nitrogens with zero attached hydrogens (tertiary/aromatic N) is 3. The summed E-state index contributed by atoms with van der Waals surface area (Å²) in [5.41, 5.74) is 9.99. The first-order valence-electron chi connectivity index (χ1n) is 23.1. The SMILES string of the molecule is COC(=O)[C@H]1O[C@H](O[C@@H]2[C@@H](OC(=O)c3ccccc3)[C@H](N=[N+]=[N-])O[C@H](COC(=O)c3ccccc3)[C@H]2OC(=O)c2ccccc2)[C@H](OC(=O)c2ccccc2)[C@@H](OC(=O)c2ccccc2)[C@@H]1OC(=O)c1ccccc1. The Kier molecular flexibility index (Phi) is 17.3. The van der Waals surface area contributed by atoms with E-state index in [0.29, 0.717) is 0 Å². The molecule has 8 rings (SSSR count). The lowest BCUT2D eigenvalue weighted by Crippen LogP contribution is -2.67. The molecule has 0 spiro atoms. The lowest BCUT2D eigenvalue weighted by molar-refractivity contribution is -0.333. The number of ether oxygens (including phenoxy) is 10. The number of benzene rings is 6. The van der Waals surface area contributed by atoms with Crippen molar-refractivity contribution >= 4 is 41.8 Å². The second-order valence-electron chi connectivity index (χ2n) is 16.5. The van der Waals surface area contributed by atoms with E-state index in [-0.39, 0.29) is 33.4 Å². The van der Waals surface area contributed by atoms with Crippen molar-refractivity contribution in [3.63, 3.8) is 0 Å². The van der Waals surface area contributed by atoms with Crippen LogP contribution in [0.5, 0.6) is 0 Å². The Morgan fingerprint density at radius 1 is 0.440 bits per heavy atom. The zero-order valence-electron chi connectivity index (χ0n) is 39.6. The molecule has 2 fully saturated rings. The zero-order chi connectivity index (χ0) is 52.7. The number of carbonyl (C=O) groups excluding carboxylic acids is 7. The minimum Gasteiger partial charge on any atom is -0.467 e. The molecule has 6 aromatic rings. The van der Waals surface area contributed by atoms with Gasteiger partial charge in [-0.15, -0.1) is 0 Å². The second-order valence-corrected chi connectivity index (χ2v) is 16.5. The second kappa shape index (κ2) is 25.0. The summed E-state index contributed by atoms with van der Waals surface area (Å²) >= 11 is 0. The molecule has 10 atom stereocenters. The number of hydrogen-bond donors (Lipinski definition) is 0. The van der Waals surface area contributed by atoms with Gasteiger partial charge < -0.3 is 47.4 Å². The Morgan fingerprint density at radius 3 is 1.17 bits per heavy atom. The van der Waals surface area contributed by atoms with Crippen molar-refractivity contribution in [2.45, 2.75) is 61.3 Å². The van der Waals surface area contributed by atoms with Gasteiger partial charge in [0.2, 0.25) is 6.29 Å². The van der Waals surface area contributed by atoms with Crippen LogP contribution in [0.3, 0.4) is 0 Å². The first-order chi connectivity index (χ1) is 36.5. The summed E-state index contributed by atoms with van der Waals surface area (Å²) < 4.78 is 60.7. The highest BCUT2D eigenvalue weighted by Crippen LogP contribution is 2.37.